The van der Waals surface area contributed by atoms with Crippen LogP contribution in [0.4, 0.5) is 11.5 Å². The average Bonchev–Trinajstić information content (AvgIpc) is 2.60. The Kier molecular flexibility index (Phi) is 6.22. The van der Waals surface area contributed by atoms with E-state index in [1.165, 1.54) is 0 Å². The van der Waals surface area contributed by atoms with Crippen molar-refractivity contribution >= 4 is 23.4 Å². The number of nitrogens with zero attached hydrogens (tertiary/aromatic N) is 2. The van der Waals surface area contributed by atoms with Crippen LogP contribution in [0, 0.1) is 6.92 Å². The van der Waals surface area contributed by atoms with Gasteiger partial charge in [-0.2, -0.15) is 0 Å². The van der Waals surface area contributed by atoms with Crippen molar-refractivity contribution < 1.29 is 14.3 Å². The summed E-state index contributed by atoms with van der Waals surface area (Å²) in [4.78, 5) is 32.3. The Morgan fingerprint density at radius 2 is 1.96 bits per heavy atom. The van der Waals surface area contributed by atoms with Crippen LogP contribution in [-0.2, 0) is 4.74 Å². The highest BCUT2D eigenvalue weighted by Crippen LogP contribution is 2.13. The first-order chi connectivity index (χ1) is 12.0. The van der Waals surface area contributed by atoms with Crippen LogP contribution in [0.25, 0.3) is 0 Å². The second kappa shape index (κ2) is 8.58. The molecule has 1 aromatic carbocycles. The van der Waals surface area contributed by atoms with Crippen molar-refractivity contribution in [3.05, 3.63) is 60.1 Å². The maximum absolute atomic E-state index is 12.4. The number of benzene rings is 1. The molecule has 2 N–H and O–H groups in total. The molecule has 7 heteroatoms. The molecule has 0 spiro atoms. The lowest BCUT2D eigenvalue weighted by molar-refractivity contribution is 0.0526. The van der Waals surface area contributed by atoms with Gasteiger partial charge in [0.1, 0.15) is 17.3 Å². The summed E-state index contributed by atoms with van der Waals surface area (Å²) in [7, 11) is 0. The molecule has 1 heterocycles. The van der Waals surface area contributed by atoms with Crippen molar-refractivity contribution in [2.45, 2.75) is 13.8 Å². The van der Waals surface area contributed by atoms with E-state index >= 15 is 0 Å². The van der Waals surface area contributed by atoms with Gasteiger partial charge in [-0.1, -0.05) is 6.08 Å². The lowest BCUT2D eigenvalue weighted by Crippen LogP contribution is -2.16. The molecule has 0 aliphatic carbocycles. The molecular weight excluding hydrogens is 320 g/mol. The number of hydrogen-bond acceptors (Lipinski definition) is 6. The minimum Gasteiger partial charge on any atom is -0.462 e. The summed E-state index contributed by atoms with van der Waals surface area (Å²) in [6.07, 6.45) is 1.70. The molecule has 1 aromatic heterocycles. The van der Waals surface area contributed by atoms with E-state index in [9.17, 15) is 9.59 Å². The topological polar surface area (TPSA) is 93.2 Å². The maximum Gasteiger partial charge on any atom is 0.338 e. The van der Waals surface area contributed by atoms with E-state index in [0.717, 1.165) is 0 Å². The zero-order chi connectivity index (χ0) is 18.2. The van der Waals surface area contributed by atoms with E-state index in [4.69, 9.17) is 4.74 Å². The number of aromatic nitrogens is 2. The molecule has 0 unspecified atom stereocenters. The first kappa shape index (κ1) is 18.1. The van der Waals surface area contributed by atoms with E-state index in [1.807, 2.05) is 0 Å². The molecule has 130 valence electrons. The lowest BCUT2D eigenvalue weighted by atomic mass is 10.2. The second-order valence-electron chi connectivity index (χ2n) is 5.11. The Hall–Kier alpha value is -3.22. The van der Waals surface area contributed by atoms with Gasteiger partial charge in [0.05, 0.1) is 12.2 Å². The fourth-order valence-corrected chi connectivity index (χ4v) is 2.05. The van der Waals surface area contributed by atoms with Crippen LogP contribution in [0.3, 0.4) is 0 Å². The first-order valence-corrected chi connectivity index (χ1v) is 7.82. The highest BCUT2D eigenvalue weighted by molar-refractivity contribution is 6.03. The molecule has 7 nitrogen and oxygen atoms in total. The monoisotopic (exact) mass is 340 g/mol. The summed E-state index contributed by atoms with van der Waals surface area (Å²) in [6, 6.07) is 8.02. The van der Waals surface area contributed by atoms with Gasteiger partial charge < -0.3 is 15.4 Å². The molecule has 0 aliphatic rings. The standard InChI is InChI=1S/C18H20N4O3/c1-4-10-19-16-11-15(20-12(3)21-16)17(23)22-14-8-6-13(7-9-14)18(24)25-5-2/h4,6-9,11H,1,5,10H2,2-3H3,(H,22,23)(H,19,20,21). The molecule has 0 fully saturated rings. The molecule has 0 atom stereocenters. The summed E-state index contributed by atoms with van der Waals surface area (Å²) < 4.78 is 4.92. The highest BCUT2D eigenvalue weighted by atomic mass is 16.5. The third kappa shape index (κ3) is 5.13. The maximum atomic E-state index is 12.4. The smallest absolute Gasteiger partial charge is 0.338 e. The van der Waals surface area contributed by atoms with E-state index in [1.54, 1.807) is 50.3 Å². The van der Waals surface area contributed by atoms with Gasteiger partial charge in [-0.3, -0.25) is 4.79 Å². The quantitative estimate of drug-likeness (QED) is 0.595. The lowest BCUT2D eigenvalue weighted by Gasteiger charge is -2.08. The van der Waals surface area contributed by atoms with Gasteiger partial charge in [-0.15, -0.1) is 6.58 Å². The van der Waals surface area contributed by atoms with Gasteiger partial charge in [0, 0.05) is 18.3 Å². The SMILES string of the molecule is C=CCNc1cc(C(=O)Nc2ccc(C(=O)OCC)cc2)nc(C)n1. The van der Waals surface area contributed by atoms with E-state index in [0.29, 0.717) is 36.0 Å². The number of esters is 1. The summed E-state index contributed by atoms with van der Waals surface area (Å²) in [5.41, 5.74) is 1.22. The van der Waals surface area contributed by atoms with Gasteiger partial charge in [-0.05, 0) is 38.1 Å². The predicted molar refractivity (Wildman–Crippen MR) is 95.8 cm³/mol. The summed E-state index contributed by atoms with van der Waals surface area (Å²) in [6.45, 7) is 7.93. The van der Waals surface area contributed by atoms with Crippen LogP contribution >= 0.6 is 0 Å². The van der Waals surface area contributed by atoms with Crippen molar-refractivity contribution in [1.82, 2.24) is 9.97 Å². The molecular formula is C18H20N4O3. The first-order valence-electron chi connectivity index (χ1n) is 7.82. The normalized spacial score (nSPS) is 10.0. The van der Waals surface area contributed by atoms with Crippen LogP contribution in [0.1, 0.15) is 33.6 Å². The Labute approximate surface area is 146 Å². The van der Waals surface area contributed by atoms with E-state index in [-0.39, 0.29) is 11.6 Å². The fraction of sp³-hybridized carbons (Fsp3) is 0.222. The summed E-state index contributed by atoms with van der Waals surface area (Å²) >= 11 is 0. The molecule has 25 heavy (non-hydrogen) atoms. The molecule has 0 radical (unpaired) electrons. The molecule has 0 aliphatic heterocycles. The third-order valence-electron chi connectivity index (χ3n) is 3.15. The number of carbonyl (C=O) groups is 2. The molecule has 1 amide bonds. The second-order valence-corrected chi connectivity index (χ2v) is 5.11. The molecule has 0 saturated carbocycles. The van der Waals surface area contributed by atoms with Gasteiger partial charge in [0.2, 0.25) is 0 Å². The molecule has 2 aromatic rings. The predicted octanol–water partition coefficient (Wildman–Crippen LogP) is 2.81. The van der Waals surface area contributed by atoms with Gasteiger partial charge in [0.25, 0.3) is 5.91 Å². The van der Waals surface area contributed by atoms with Crippen molar-refractivity contribution in [2.75, 3.05) is 23.8 Å². The van der Waals surface area contributed by atoms with Crippen LogP contribution in [-0.4, -0.2) is 35.0 Å². The number of rotatable bonds is 7. The van der Waals surface area contributed by atoms with Crippen LogP contribution in [0.2, 0.25) is 0 Å². The Balaban J connectivity index is 2.10. The Morgan fingerprint density at radius 3 is 2.60 bits per heavy atom. The van der Waals surface area contributed by atoms with Crippen molar-refractivity contribution in [1.29, 1.82) is 0 Å². The Morgan fingerprint density at radius 1 is 1.24 bits per heavy atom. The average molecular weight is 340 g/mol. The highest BCUT2D eigenvalue weighted by Gasteiger charge is 2.12. The fourth-order valence-electron chi connectivity index (χ4n) is 2.05. The molecule has 2 rings (SSSR count). The number of aryl methyl sites for hydroxylation is 1. The number of ether oxygens (including phenoxy) is 1. The minimum atomic E-state index is -0.398. The number of carbonyl (C=O) groups excluding carboxylic acids is 2. The summed E-state index contributed by atoms with van der Waals surface area (Å²) in [5, 5.41) is 5.76. The van der Waals surface area contributed by atoms with Gasteiger partial charge >= 0.3 is 5.97 Å². The van der Waals surface area contributed by atoms with Crippen molar-refractivity contribution in [2.24, 2.45) is 0 Å². The van der Waals surface area contributed by atoms with Crippen LogP contribution < -0.4 is 10.6 Å². The van der Waals surface area contributed by atoms with Crippen LogP contribution in [0.15, 0.2) is 43.0 Å². The molecule has 0 saturated heterocycles. The van der Waals surface area contributed by atoms with Gasteiger partial charge in [0.15, 0.2) is 0 Å². The zero-order valence-corrected chi connectivity index (χ0v) is 14.2. The third-order valence-corrected chi connectivity index (χ3v) is 3.15. The van der Waals surface area contributed by atoms with Crippen molar-refractivity contribution in [3.63, 3.8) is 0 Å². The Bertz CT molecular complexity index is 772. The number of amides is 1. The van der Waals surface area contributed by atoms with Crippen molar-refractivity contribution in [3.8, 4) is 0 Å². The summed E-state index contributed by atoms with van der Waals surface area (Å²) in [5.74, 6) is 0.271. The van der Waals surface area contributed by atoms with Gasteiger partial charge in [-0.25, -0.2) is 14.8 Å². The number of hydrogen-bond donors (Lipinski definition) is 2. The van der Waals surface area contributed by atoms with Crippen LogP contribution in [0.5, 0.6) is 0 Å². The molecule has 0 bridgehead atoms. The van der Waals surface area contributed by atoms with E-state index in [2.05, 4.69) is 27.2 Å². The minimum absolute atomic E-state index is 0.244. The largest absolute Gasteiger partial charge is 0.462 e. The number of anilines is 2. The van der Waals surface area contributed by atoms with E-state index < -0.39 is 5.97 Å². The zero-order valence-electron chi connectivity index (χ0n) is 14.2. The number of nitrogens with one attached hydrogen (secondary N) is 2.